The molecule has 0 N–H and O–H groups in total. The molecule has 0 amide bonds. The number of rotatable bonds is 6. The molecule has 23 heavy (non-hydrogen) atoms. The summed E-state index contributed by atoms with van der Waals surface area (Å²) in [6.45, 7) is 7.43. The molecule has 2 aliphatic heterocycles. The standard InChI is InChI=1S/C19H28N2O2/c1-13(2)17-11-16-14(12-20-17)10-18(23-4)19-15(16)6-8-21(19)7-5-9-22-3/h10,12-13,17H,5-9,11H2,1-4H3. The summed E-state index contributed by atoms with van der Waals surface area (Å²) in [6, 6.07) is 2.57. The van der Waals surface area contributed by atoms with Crippen LogP contribution in [-0.2, 0) is 17.6 Å². The highest BCUT2D eigenvalue weighted by Gasteiger charge is 2.30. The van der Waals surface area contributed by atoms with Gasteiger partial charge in [0.05, 0.1) is 18.8 Å². The number of anilines is 1. The van der Waals surface area contributed by atoms with Crippen molar-refractivity contribution in [2.24, 2.45) is 10.9 Å². The van der Waals surface area contributed by atoms with Crippen molar-refractivity contribution in [3.63, 3.8) is 0 Å². The smallest absolute Gasteiger partial charge is 0.143 e. The Morgan fingerprint density at radius 2 is 2.13 bits per heavy atom. The number of hydrogen-bond acceptors (Lipinski definition) is 4. The molecule has 1 aromatic carbocycles. The largest absolute Gasteiger partial charge is 0.495 e. The van der Waals surface area contributed by atoms with E-state index in [9.17, 15) is 0 Å². The molecule has 3 rings (SSSR count). The monoisotopic (exact) mass is 316 g/mol. The molecular weight excluding hydrogens is 288 g/mol. The van der Waals surface area contributed by atoms with Crippen LogP contribution in [0.4, 0.5) is 5.69 Å². The third-order valence-electron chi connectivity index (χ3n) is 5.05. The second-order valence-electron chi connectivity index (χ2n) is 6.85. The molecule has 2 aliphatic rings. The number of fused-ring (bicyclic) bond motifs is 3. The quantitative estimate of drug-likeness (QED) is 0.756. The summed E-state index contributed by atoms with van der Waals surface area (Å²) in [6.07, 6.45) is 5.27. The summed E-state index contributed by atoms with van der Waals surface area (Å²) in [4.78, 5) is 7.20. The third-order valence-corrected chi connectivity index (χ3v) is 5.05. The van der Waals surface area contributed by atoms with Crippen LogP contribution < -0.4 is 9.64 Å². The van der Waals surface area contributed by atoms with Gasteiger partial charge in [0.1, 0.15) is 5.75 Å². The molecule has 2 heterocycles. The zero-order chi connectivity index (χ0) is 16.4. The lowest BCUT2D eigenvalue weighted by atomic mass is 9.87. The van der Waals surface area contributed by atoms with Gasteiger partial charge in [0.2, 0.25) is 0 Å². The van der Waals surface area contributed by atoms with Crippen molar-refractivity contribution in [2.45, 2.75) is 39.2 Å². The van der Waals surface area contributed by atoms with Gasteiger partial charge < -0.3 is 14.4 Å². The van der Waals surface area contributed by atoms with Gasteiger partial charge in [0.15, 0.2) is 0 Å². The van der Waals surface area contributed by atoms with Crippen LogP contribution in [-0.4, -0.2) is 46.2 Å². The summed E-state index contributed by atoms with van der Waals surface area (Å²) in [7, 11) is 3.53. The predicted molar refractivity (Wildman–Crippen MR) is 95.3 cm³/mol. The summed E-state index contributed by atoms with van der Waals surface area (Å²) < 4.78 is 10.9. The molecule has 0 saturated carbocycles. The van der Waals surface area contributed by atoms with E-state index >= 15 is 0 Å². The molecule has 1 atom stereocenters. The average molecular weight is 316 g/mol. The molecule has 0 radical (unpaired) electrons. The van der Waals surface area contributed by atoms with Crippen molar-refractivity contribution >= 4 is 11.9 Å². The fourth-order valence-electron chi connectivity index (χ4n) is 3.72. The van der Waals surface area contributed by atoms with Crippen LogP contribution >= 0.6 is 0 Å². The van der Waals surface area contributed by atoms with Crippen LogP contribution in [0, 0.1) is 5.92 Å². The summed E-state index contributed by atoms with van der Waals surface area (Å²) >= 11 is 0. The molecule has 4 heteroatoms. The Hall–Kier alpha value is -1.55. The summed E-state index contributed by atoms with van der Waals surface area (Å²) in [5.74, 6) is 1.57. The average Bonchev–Trinajstić information content (AvgIpc) is 2.98. The Kier molecular flexibility index (Phi) is 4.90. The zero-order valence-corrected chi connectivity index (χ0v) is 14.8. The summed E-state index contributed by atoms with van der Waals surface area (Å²) in [5, 5.41) is 0. The van der Waals surface area contributed by atoms with E-state index in [0.717, 1.165) is 44.7 Å². The van der Waals surface area contributed by atoms with E-state index in [0.29, 0.717) is 12.0 Å². The number of ether oxygens (including phenoxy) is 2. The zero-order valence-electron chi connectivity index (χ0n) is 14.8. The Labute approximate surface area is 139 Å². The SMILES string of the molecule is COCCCN1CCc2c3c(cc(OC)c21)C=NC(C(C)C)C3. The molecule has 0 spiro atoms. The van der Waals surface area contributed by atoms with Crippen molar-refractivity contribution in [1.82, 2.24) is 0 Å². The van der Waals surface area contributed by atoms with Crippen molar-refractivity contribution in [2.75, 3.05) is 38.8 Å². The van der Waals surface area contributed by atoms with E-state index < -0.39 is 0 Å². The first-order valence-corrected chi connectivity index (χ1v) is 8.65. The Morgan fingerprint density at radius 1 is 1.30 bits per heavy atom. The number of methoxy groups -OCH3 is 2. The minimum Gasteiger partial charge on any atom is -0.495 e. The molecule has 0 aromatic heterocycles. The van der Waals surface area contributed by atoms with Crippen molar-refractivity contribution in [3.8, 4) is 5.75 Å². The Morgan fingerprint density at radius 3 is 2.83 bits per heavy atom. The number of hydrogen-bond donors (Lipinski definition) is 0. The van der Waals surface area contributed by atoms with Crippen LogP contribution in [0.5, 0.6) is 5.75 Å². The first kappa shape index (κ1) is 16.3. The van der Waals surface area contributed by atoms with Gasteiger partial charge in [-0.1, -0.05) is 13.8 Å². The normalized spacial score (nSPS) is 19.2. The molecule has 126 valence electrons. The van der Waals surface area contributed by atoms with E-state index in [1.54, 1.807) is 14.2 Å². The minimum absolute atomic E-state index is 0.405. The van der Waals surface area contributed by atoms with Crippen LogP contribution in [0.2, 0.25) is 0 Å². The van der Waals surface area contributed by atoms with E-state index in [1.807, 2.05) is 0 Å². The van der Waals surface area contributed by atoms with Crippen LogP contribution in [0.25, 0.3) is 0 Å². The van der Waals surface area contributed by atoms with Gasteiger partial charge in [-0.25, -0.2) is 0 Å². The maximum Gasteiger partial charge on any atom is 0.143 e. The number of benzene rings is 1. The predicted octanol–water partition coefficient (Wildman–Crippen LogP) is 3.09. The van der Waals surface area contributed by atoms with Gasteiger partial charge in [0.25, 0.3) is 0 Å². The van der Waals surface area contributed by atoms with E-state index in [-0.39, 0.29) is 0 Å². The fourth-order valence-corrected chi connectivity index (χ4v) is 3.72. The lowest BCUT2D eigenvalue weighted by Gasteiger charge is -2.27. The fraction of sp³-hybridized carbons (Fsp3) is 0.632. The van der Waals surface area contributed by atoms with Gasteiger partial charge in [-0.2, -0.15) is 0 Å². The van der Waals surface area contributed by atoms with Crippen LogP contribution in [0.15, 0.2) is 11.1 Å². The summed E-state index contributed by atoms with van der Waals surface area (Å²) in [5.41, 5.74) is 5.52. The molecule has 0 aliphatic carbocycles. The molecule has 1 aromatic rings. The number of nitrogens with zero attached hydrogens (tertiary/aromatic N) is 2. The molecule has 0 bridgehead atoms. The topological polar surface area (TPSA) is 34.1 Å². The minimum atomic E-state index is 0.405. The Balaban J connectivity index is 1.94. The Bertz CT molecular complexity index is 596. The van der Waals surface area contributed by atoms with E-state index in [4.69, 9.17) is 14.5 Å². The highest BCUT2D eigenvalue weighted by molar-refractivity contribution is 5.88. The number of aliphatic imine (C=N–C) groups is 1. The molecule has 1 unspecified atom stereocenters. The van der Waals surface area contributed by atoms with Crippen molar-refractivity contribution in [3.05, 3.63) is 22.8 Å². The van der Waals surface area contributed by atoms with E-state index in [2.05, 4.69) is 31.0 Å². The first-order valence-electron chi connectivity index (χ1n) is 8.65. The van der Waals surface area contributed by atoms with Crippen molar-refractivity contribution < 1.29 is 9.47 Å². The molecule has 4 nitrogen and oxygen atoms in total. The van der Waals surface area contributed by atoms with Gasteiger partial charge in [-0.05, 0) is 47.9 Å². The molecule has 0 fully saturated rings. The van der Waals surface area contributed by atoms with Gasteiger partial charge in [-0.3, -0.25) is 4.99 Å². The maximum absolute atomic E-state index is 5.70. The van der Waals surface area contributed by atoms with Gasteiger partial charge >= 0.3 is 0 Å². The second-order valence-corrected chi connectivity index (χ2v) is 6.85. The first-order chi connectivity index (χ1) is 11.2. The highest BCUT2D eigenvalue weighted by Crippen LogP contribution is 2.42. The lowest BCUT2D eigenvalue weighted by Crippen LogP contribution is -2.24. The van der Waals surface area contributed by atoms with Crippen LogP contribution in [0.3, 0.4) is 0 Å². The van der Waals surface area contributed by atoms with Crippen LogP contribution in [0.1, 0.15) is 37.0 Å². The lowest BCUT2D eigenvalue weighted by molar-refractivity contribution is 0.196. The molecular formula is C19H28N2O2. The third kappa shape index (κ3) is 3.09. The second kappa shape index (κ2) is 6.91. The highest BCUT2D eigenvalue weighted by atomic mass is 16.5. The molecule has 0 saturated heterocycles. The van der Waals surface area contributed by atoms with Crippen molar-refractivity contribution in [1.29, 1.82) is 0 Å². The van der Waals surface area contributed by atoms with E-state index in [1.165, 1.54) is 22.4 Å². The van der Waals surface area contributed by atoms with Gasteiger partial charge in [0, 0.05) is 33.0 Å². The van der Waals surface area contributed by atoms with Gasteiger partial charge in [-0.15, -0.1) is 0 Å². The maximum atomic E-state index is 5.70.